The largest absolute Gasteiger partial charge is 0.467 e. The highest BCUT2D eigenvalue weighted by atomic mass is 19.2. The summed E-state index contributed by atoms with van der Waals surface area (Å²) in [7, 11) is 1.67. The van der Waals surface area contributed by atoms with Gasteiger partial charge in [-0.25, -0.2) is 8.78 Å². The second-order valence-corrected chi connectivity index (χ2v) is 4.01. The first-order valence-electron chi connectivity index (χ1n) is 5.54. The zero-order valence-electron chi connectivity index (χ0n) is 9.99. The summed E-state index contributed by atoms with van der Waals surface area (Å²) in [5, 5.41) is 0. The molecule has 0 saturated carbocycles. The molecule has 0 radical (unpaired) electrons. The first kappa shape index (κ1) is 12.6. The Kier molecular flexibility index (Phi) is 3.62. The molecule has 2 aromatic rings. The smallest absolute Gasteiger partial charge is 0.182 e. The molecule has 0 amide bonds. The van der Waals surface area contributed by atoms with Crippen LogP contribution in [0.5, 0.6) is 0 Å². The van der Waals surface area contributed by atoms with E-state index in [1.165, 1.54) is 18.4 Å². The quantitative estimate of drug-likeness (QED) is 0.909. The number of benzene rings is 1. The lowest BCUT2D eigenvalue weighted by Gasteiger charge is -2.19. The van der Waals surface area contributed by atoms with Gasteiger partial charge in [0.2, 0.25) is 0 Å². The number of nitrogens with zero attached hydrogens (tertiary/aromatic N) is 1. The van der Waals surface area contributed by atoms with Crippen molar-refractivity contribution in [1.82, 2.24) is 0 Å². The molecule has 1 heterocycles. The minimum Gasteiger partial charge on any atom is -0.467 e. The van der Waals surface area contributed by atoms with E-state index in [-0.39, 0.29) is 17.8 Å². The number of halogens is 2. The molecule has 2 N–H and O–H groups in total. The van der Waals surface area contributed by atoms with Gasteiger partial charge in [-0.2, -0.15) is 0 Å². The van der Waals surface area contributed by atoms with E-state index in [2.05, 4.69) is 0 Å². The van der Waals surface area contributed by atoms with Gasteiger partial charge < -0.3 is 15.1 Å². The molecular weight excluding hydrogens is 238 g/mol. The van der Waals surface area contributed by atoms with Crippen molar-refractivity contribution in [3.8, 4) is 0 Å². The molecule has 96 valence electrons. The molecule has 0 atom stereocenters. The van der Waals surface area contributed by atoms with Gasteiger partial charge in [-0.1, -0.05) is 6.07 Å². The van der Waals surface area contributed by atoms with Crippen molar-refractivity contribution in [2.75, 3.05) is 11.9 Å². The number of hydrogen-bond acceptors (Lipinski definition) is 3. The third-order valence-corrected chi connectivity index (χ3v) is 2.75. The third-order valence-electron chi connectivity index (χ3n) is 2.75. The summed E-state index contributed by atoms with van der Waals surface area (Å²) in [6.45, 7) is 0.344. The molecule has 0 aliphatic rings. The van der Waals surface area contributed by atoms with Crippen LogP contribution in [0.25, 0.3) is 0 Å². The van der Waals surface area contributed by atoms with Gasteiger partial charge in [-0.05, 0) is 18.2 Å². The van der Waals surface area contributed by atoms with Gasteiger partial charge in [0.1, 0.15) is 5.76 Å². The van der Waals surface area contributed by atoms with Gasteiger partial charge in [0.25, 0.3) is 0 Å². The summed E-state index contributed by atoms with van der Waals surface area (Å²) in [4.78, 5) is 1.58. The lowest BCUT2D eigenvalue weighted by atomic mass is 10.1. The Labute approximate surface area is 104 Å². The Bertz CT molecular complexity index is 526. The molecule has 0 unspecified atom stereocenters. The number of anilines is 1. The van der Waals surface area contributed by atoms with Crippen LogP contribution in [-0.2, 0) is 13.1 Å². The number of hydrogen-bond donors (Lipinski definition) is 1. The van der Waals surface area contributed by atoms with Crippen molar-refractivity contribution in [2.24, 2.45) is 5.73 Å². The Morgan fingerprint density at radius 3 is 2.61 bits per heavy atom. The van der Waals surface area contributed by atoms with Crippen LogP contribution in [0, 0.1) is 11.6 Å². The summed E-state index contributed by atoms with van der Waals surface area (Å²) in [5.41, 5.74) is 5.67. The number of rotatable bonds is 4. The van der Waals surface area contributed by atoms with E-state index < -0.39 is 11.6 Å². The lowest BCUT2D eigenvalue weighted by molar-refractivity contribution is 0.488. The SMILES string of the molecule is CN(Cc1ccco1)c1ccc(CN)c(F)c1F. The standard InChI is InChI=1S/C13H14F2N2O/c1-17(8-10-3-2-6-18-10)11-5-4-9(7-16)12(14)13(11)15/h2-6H,7-8,16H2,1H3. The molecule has 1 aromatic carbocycles. The van der Waals surface area contributed by atoms with Crippen molar-refractivity contribution in [3.63, 3.8) is 0 Å². The van der Waals surface area contributed by atoms with Gasteiger partial charge in [0.15, 0.2) is 11.6 Å². The zero-order valence-corrected chi connectivity index (χ0v) is 9.99. The van der Waals surface area contributed by atoms with E-state index in [4.69, 9.17) is 10.2 Å². The molecule has 0 bridgehead atoms. The van der Waals surface area contributed by atoms with Crippen molar-refractivity contribution in [3.05, 3.63) is 53.5 Å². The first-order chi connectivity index (χ1) is 8.63. The minimum atomic E-state index is -0.888. The van der Waals surface area contributed by atoms with Crippen LogP contribution in [0.15, 0.2) is 34.9 Å². The summed E-state index contributed by atoms with van der Waals surface area (Å²) in [6.07, 6.45) is 1.54. The Balaban J connectivity index is 2.25. The minimum absolute atomic E-state index is 0.0229. The van der Waals surface area contributed by atoms with Gasteiger partial charge in [-0.3, -0.25) is 0 Å². The maximum absolute atomic E-state index is 13.8. The van der Waals surface area contributed by atoms with E-state index in [0.717, 1.165) is 0 Å². The van der Waals surface area contributed by atoms with Crippen molar-refractivity contribution in [1.29, 1.82) is 0 Å². The molecule has 0 fully saturated rings. The number of furan rings is 1. The molecule has 0 aliphatic carbocycles. The van der Waals surface area contributed by atoms with E-state index in [1.54, 1.807) is 24.1 Å². The Morgan fingerprint density at radius 1 is 1.22 bits per heavy atom. The fourth-order valence-corrected chi connectivity index (χ4v) is 1.75. The predicted octanol–water partition coefficient (Wildman–Crippen LogP) is 2.65. The third kappa shape index (κ3) is 2.36. The van der Waals surface area contributed by atoms with Gasteiger partial charge in [-0.15, -0.1) is 0 Å². The van der Waals surface area contributed by atoms with Crippen LogP contribution in [0.4, 0.5) is 14.5 Å². The normalized spacial score (nSPS) is 10.7. The van der Waals surface area contributed by atoms with Crippen molar-refractivity contribution >= 4 is 5.69 Å². The van der Waals surface area contributed by atoms with Crippen LogP contribution in [0.2, 0.25) is 0 Å². The summed E-state index contributed by atoms with van der Waals surface area (Å²) in [5.74, 6) is -1.09. The fourth-order valence-electron chi connectivity index (χ4n) is 1.75. The number of nitrogens with two attached hydrogens (primary N) is 1. The van der Waals surface area contributed by atoms with Crippen LogP contribution >= 0.6 is 0 Å². The van der Waals surface area contributed by atoms with Crippen LogP contribution < -0.4 is 10.6 Å². The fraction of sp³-hybridized carbons (Fsp3) is 0.231. The monoisotopic (exact) mass is 252 g/mol. The highest BCUT2D eigenvalue weighted by Gasteiger charge is 2.16. The molecule has 2 rings (SSSR count). The Hall–Kier alpha value is -1.88. The molecule has 0 aliphatic heterocycles. The summed E-state index contributed by atoms with van der Waals surface area (Å²) < 4.78 is 32.6. The molecule has 0 spiro atoms. The molecular formula is C13H14F2N2O. The summed E-state index contributed by atoms with van der Waals surface area (Å²) >= 11 is 0. The average molecular weight is 252 g/mol. The first-order valence-corrected chi connectivity index (χ1v) is 5.54. The molecule has 0 saturated heterocycles. The second kappa shape index (κ2) is 5.18. The van der Waals surface area contributed by atoms with Crippen LogP contribution in [0.3, 0.4) is 0 Å². The lowest BCUT2D eigenvalue weighted by Crippen LogP contribution is -2.18. The van der Waals surface area contributed by atoms with Gasteiger partial charge >= 0.3 is 0 Å². The maximum Gasteiger partial charge on any atom is 0.182 e. The molecule has 5 heteroatoms. The average Bonchev–Trinajstić information content (AvgIpc) is 2.85. The van der Waals surface area contributed by atoms with E-state index in [1.807, 2.05) is 0 Å². The van der Waals surface area contributed by atoms with E-state index in [9.17, 15) is 8.78 Å². The summed E-state index contributed by atoms with van der Waals surface area (Å²) in [6, 6.07) is 6.53. The molecule has 3 nitrogen and oxygen atoms in total. The predicted molar refractivity (Wildman–Crippen MR) is 65.1 cm³/mol. The van der Waals surface area contributed by atoms with Crippen molar-refractivity contribution in [2.45, 2.75) is 13.1 Å². The molecule has 1 aromatic heterocycles. The van der Waals surface area contributed by atoms with E-state index in [0.29, 0.717) is 12.3 Å². The zero-order chi connectivity index (χ0) is 13.1. The maximum atomic E-state index is 13.8. The van der Waals surface area contributed by atoms with Crippen molar-refractivity contribution < 1.29 is 13.2 Å². The van der Waals surface area contributed by atoms with Crippen LogP contribution in [0.1, 0.15) is 11.3 Å². The highest BCUT2D eigenvalue weighted by Crippen LogP contribution is 2.24. The second-order valence-electron chi connectivity index (χ2n) is 4.01. The molecule has 18 heavy (non-hydrogen) atoms. The van der Waals surface area contributed by atoms with E-state index >= 15 is 0 Å². The van der Waals surface area contributed by atoms with Crippen LogP contribution in [-0.4, -0.2) is 7.05 Å². The van der Waals surface area contributed by atoms with Gasteiger partial charge in [0, 0.05) is 19.2 Å². The Morgan fingerprint density at radius 2 is 2.00 bits per heavy atom. The highest BCUT2D eigenvalue weighted by molar-refractivity contribution is 5.49. The topological polar surface area (TPSA) is 42.4 Å². The van der Waals surface area contributed by atoms with Gasteiger partial charge in [0.05, 0.1) is 18.5 Å².